The molecule has 0 spiro atoms. The van der Waals surface area contributed by atoms with Crippen molar-refractivity contribution in [2.45, 2.75) is 45.7 Å². The maximum absolute atomic E-state index is 12.8. The molecule has 1 fully saturated rings. The van der Waals surface area contributed by atoms with Crippen LogP contribution in [-0.4, -0.2) is 23.9 Å². The summed E-state index contributed by atoms with van der Waals surface area (Å²) in [4.78, 5) is 26.9. The molecule has 1 heterocycles. The quantitative estimate of drug-likeness (QED) is 0.791. The van der Waals surface area contributed by atoms with Gasteiger partial charge in [-0.2, -0.15) is 0 Å². The number of nitrogens with zero attached hydrogens (tertiary/aromatic N) is 1. The lowest BCUT2D eigenvalue weighted by Gasteiger charge is -2.40. The molecule has 0 bridgehead atoms. The number of anilines is 1. The molecule has 2 unspecified atom stereocenters. The van der Waals surface area contributed by atoms with Gasteiger partial charge >= 0.3 is 0 Å². The van der Waals surface area contributed by atoms with Crippen molar-refractivity contribution in [1.29, 1.82) is 0 Å². The molecule has 1 aliphatic heterocycles. The van der Waals surface area contributed by atoms with Gasteiger partial charge in [0.1, 0.15) is 12.1 Å². The van der Waals surface area contributed by atoms with Crippen LogP contribution in [0.2, 0.25) is 0 Å². The molecule has 1 aromatic rings. The molecule has 4 nitrogen and oxygen atoms in total. The Morgan fingerprint density at radius 2 is 2.05 bits per heavy atom. The van der Waals surface area contributed by atoms with Gasteiger partial charge in [-0.15, -0.1) is 0 Å². The number of halogens is 1. The van der Waals surface area contributed by atoms with Crippen molar-refractivity contribution in [1.82, 2.24) is 5.32 Å². The highest BCUT2D eigenvalue weighted by molar-refractivity contribution is 14.1. The van der Waals surface area contributed by atoms with Gasteiger partial charge in [-0.05, 0) is 53.1 Å². The lowest BCUT2D eigenvalue weighted by atomic mass is 9.95. The van der Waals surface area contributed by atoms with Gasteiger partial charge in [0, 0.05) is 9.26 Å². The smallest absolute Gasteiger partial charge is 0.250 e. The van der Waals surface area contributed by atoms with E-state index in [4.69, 9.17) is 0 Å². The highest BCUT2D eigenvalue weighted by atomic mass is 127. The maximum atomic E-state index is 12.8. The first-order chi connectivity index (χ1) is 9.95. The van der Waals surface area contributed by atoms with Crippen LogP contribution in [0, 0.1) is 9.49 Å². The largest absolute Gasteiger partial charge is 0.342 e. The molecule has 0 aromatic heterocycles. The molecule has 1 aromatic carbocycles. The van der Waals surface area contributed by atoms with Gasteiger partial charge in [0.25, 0.3) is 0 Å². The molecular formula is C16H21IN2O2. The first-order valence-electron chi connectivity index (χ1n) is 7.34. The van der Waals surface area contributed by atoms with Crippen LogP contribution in [-0.2, 0) is 9.59 Å². The first kappa shape index (κ1) is 16.3. The van der Waals surface area contributed by atoms with Crippen molar-refractivity contribution in [2.75, 3.05) is 4.90 Å². The van der Waals surface area contributed by atoms with Crippen molar-refractivity contribution in [3.05, 3.63) is 27.8 Å². The minimum absolute atomic E-state index is 0.00264. The van der Waals surface area contributed by atoms with Gasteiger partial charge in [0.15, 0.2) is 0 Å². The zero-order valence-corrected chi connectivity index (χ0v) is 14.8. The number of carbonyl (C=O) groups excluding carboxylic acids is 2. The first-order valence-corrected chi connectivity index (χ1v) is 8.42. The fraction of sp³-hybridized carbons (Fsp3) is 0.500. The molecule has 1 N–H and O–H groups in total. The van der Waals surface area contributed by atoms with Gasteiger partial charge in [0.05, 0.1) is 0 Å². The predicted octanol–water partition coefficient (Wildman–Crippen LogP) is 2.95. The summed E-state index contributed by atoms with van der Waals surface area (Å²) in [6, 6.07) is 6.90. The number of nitrogens with one attached hydrogen (secondary N) is 1. The third kappa shape index (κ3) is 3.39. The number of carbonyl (C=O) groups is 2. The number of amides is 2. The van der Waals surface area contributed by atoms with Gasteiger partial charge in [0.2, 0.25) is 11.8 Å². The van der Waals surface area contributed by atoms with E-state index in [9.17, 15) is 9.59 Å². The van der Waals surface area contributed by atoms with E-state index >= 15 is 0 Å². The molecule has 2 rings (SSSR count). The Bertz CT molecular complexity index is 545. The summed E-state index contributed by atoms with van der Waals surface area (Å²) in [5.41, 5.74) is 0.807. The fourth-order valence-electron chi connectivity index (χ4n) is 2.74. The average molecular weight is 400 g/mol. The summed E-state index contributed by atoms with van der Waals surface area (Å²) < 4.78 is 1.05. The van der Waals surface area contributed by atoms with Crippen LogP contribution in [0.1, 0.15) is 33.6 Å². The van der Waals surface area contributed by atoms with E-state index in [1.807, 2.05) is 45.0 Å². The number of benzene rings is 1. The SMILES string of the molecule is CCCC1NC(=O)C(C(C)C)N(c2cccc(I)c2)C1=O. The van der Waals surface area contributed by atoms with E-state index in [-0.39, 0.29) is 17.7 Å². The predicted molar refractivity (Wildman–Crippen MR) is 92.1 cm³/mol. The Morgan fingerprint density at radius 1 is 1.33 bits per heavy atom. The molecule has 0 radical (unpaired) electrons. The second-order valence-electron chi connectivity index (χ2n) is 5.73. The summed E-state index contributed by atoms with van der Waals surface area (Å²) in [6.07, 6.45) is 1.54. The van der Waals surface area contributed by atoms with E-state index < -0.39 is 12.1 Å². The molecule has 21 heavy (non-hydrogen) atoms. The summed E-state index contributed by atoms with van der Waals surface area (Å²) in [6.45, 7) is 5.96. The highest BCUT2D eigenvalue weighted by Crippen LogP contribution is 2.27. The zero-order chi connectivity index (χ0) is 15.6. The van der Waals surface area contributed by atoms with Crippen molar-refractivity contribution in [2.24, 2.45) is 5.92 Å². The van der Waals surface area contributed by atoms with Crippen LogP contribution < -0.4 is 10.2 Å². The average Bonchev–Trinajstić information content (AvgIpc) is 2.41. The van der Waals surface area contributed by atoms with Crippen LogP contribution >= 0.6 is 22.6 Å². The molecule has 5 heteroatoms. The van der Waals surface area contributed by atoms with E-state index in [1.54, 1.807) is 4.90 Å². The monoisotopic (exact) mass is 400 g/mol. The van der Waals surface area contributed by atoms with Gasteiger partial charge in [-0.1, -0.05) is 33.3 Å². The molecular weight excluding hydrogens is 379 g/mol. The summed E-state index contributed by atoms with van der Waals surface area (Å²) in [5.74, 6) is 0.00783. The van der Waals surface area contributed by atoms with Gasteiger partial charge in [-0.3, -0.25) is 14.5 Å². The maximum Gasteiger partial charge on any atom is 0.250 e. The van der Waals surface area contributed by atoms with Crippen molar-refractivity contribution >= 4 is 40.1 Å². The minimum atomic E-state index is -0.441. The zero-order valence-electron chi connectivity index (χ0n) is 12.6. The van der Waals surface area contributed by atoms with Crippen molar-refractivity contribution in [3.63, 3.8) is 0 Å². The molecule has 1 saturated heterocycles. The standard InChI is InChI=1S/C16H21IN2O2/c1-4-6-13-16(21)19(12-8-5-7-11(17)9-12)14(10(2)3)15(20)18-13/h5,7-10,13-14H,4,6H2,1-3H3,(H,18,20). The highest BCUT2D eigenvalue weighted by Gasteiger charge is 2.42. The van der Waals surface area contributed by atoms with Crippen LogP contribution in [0.4, 0.5) is 5.69 Å². The second kappa shape index (κ2) is 6.77. The molecule has 1 aliphatic rings. The van der Waals surface area contributed by atoms with Gasteiger partial charge in [-0.25, -0.2) is 0 Å². The number of hydrogen-bond acceptors (Lipinski definition) is 2. The molecule has 0 aliphatic carbocycles. The van der Waals surface area contributed by atoms with Crippen LogP contribution in [0.15, 0.2) is 24.3 Å². The lowest BCUT2D eigenvalue weighted by molar-refractivity contribution is -0.135. The Labute approximate surface area is 139 Å². The van der Waals surface area contributed by atoms with E-state index in [1.165, 1.54) is 0 Å². The molecule has 2 amide bonds. The summed E-state index contributed by atoms with van der Waals surface area (Å²) in [5, 5.41) is 2.88. The lowest BCUT2D eigenvalue weighted by Crippen LogP contribution is -2.65. The molecule has 0 saturated carbocycles. The third-order valence-electron chi connectivity index (χ3n) is 3.69. The Kier molecular flexibility index (Phi) is 5.24. The van der Waals surface area contributed by atoms with E-state index in [0.29, 0.717) is 6.42 Å². The summed E-state index contributed by atoms with van der Waals surface area (Å²) in [7, 11) is 0. The van der Waals surface area contributed by atoms with E-state index in [0.717, 1.165) is 15.7 Å². The second-order valence-corrected chi connectivity index (χ2v) is 6.97. The normalized spacial score (nSPS) is 22.6. The topological polar surface area (TPSA) is 49.4 Å². The summed E-state index contributed by atoms with van der Waals surface area (Å²) >= 11 is 2.22. The van der Waals surface area contributed by atoms with Crippen molar-refractivity contribution < 1.29 is 9.59 Å². The number of rotatable bonds is 4. The number of hydrogen-bond donors (Lipinski definition) is 1. The third-order valence-corrected chi connectivity index (χ3v) is 4.37. The Morgan fingerprint density at radius 3 is 2.62 bits per heavy atom. The van der Waals surface area contributed by atoms with Crippen LogP contribution in [0.3, 0.4) is 0 Å². The minimum Gasteiger partial charge on any atom is -0.342 e. The number of piperazine rings is 1. The molecule has 114 valence electrons. The molecule has 2 atom stereocenters. The Hall–Kier alpha value is -1.11. The fourth-order valence-corrected chi connectivity index (χ4v) is 3.27. The van der Waals surface area contributed by atoms with Gasteiger partial charge < -0.3 is 5.32 Å². The Balaban J connectivity index is 2.43. The van der Waals surface area contributed by atoms with Crippen LogP contribution in [0.25, 0.3) is 0 Å². The van der Waals surface area contributed by atoms with Crippen LogP contribution in [0.5, 0.6) is 0 Å². The van der Waals surface area contributed by atoms with E-state index in [2.05, 4.69) is 27.9 Å². The van der Waals surface area contributed by atoms with Crippen molar-refractivity contribution in [3.8, 4) is 0 Å².